The average molecular weight is 228 g/mol. The minimum Gasteiger partial charge on any atom is -0.468 e. The quantitative estimate of drug-likeness (QED) is 0.275. The summed E-state index contributed by atoms with van der Waals surface area (Å²) >= 11 is 0. The van der Waals surface area contributed by atoms with Crippen molar-refractivity contribution in [1.29, 1.82) is 0 Å². The van der Waals surface area contributed by atoms with Crippen LogP contribution in [0.5, 0.6) is 0 Å². The first kappa shape index (κ1) is 7.92. The molecule has 0 aliphatic carbocycles. The second-order valence-corrected chi connectivity index (χ2v) is 3.29. The van der Waals surface area contributed by atoms with Crippen molar-refractivity contribution in [3.05, 3.63) is 12.6 Å². The van der Waals surface area contributed by atoms with E-state index in [4.69, 9.17) is 13.3 Å². The van der Waals surface area contributed by atoms with Crippen LogP contribution in [0.4, 0.5) is 0 Å². The lowest BCUT2D eigenvalue weighted by molar-refractivity contribution is -0.146. The fourth-order valence-electron chi connectivity index (χ4n) is 1.23. The van der Waals surface area contributed by atoms with Crippen LogP contribution in [-0.4, -0.2) is 37.1 Å². The molecular weight excluding hydrogens is 202 g/mol. The highest BCUT2D eigenvalue weighted by atomic mass is 16.5. The first-order valence-corrected chi connectivity index (χ1v) is 5.12. The Kier molecular flexibility index (Phi) is 4.45. The molecule has 0 heterocycles. The molecule has 0 spiro atoms. The van der Waals surface area contributed by atoms with Crippen molar-refractivity contribution in [2.24, 2.45) is 0 Å². The Balaban J connectivity index is 5.25. The molecule has 3 nitrogen and oxygen atoms in total. The van der Waals surface area contributed by atoms with Crippen molar-refractivity contribution in [1.82, 2.24) is 4.90 Å². The van der Waals surface area contributed by atoms with Gasteiger partial charge in [0.2, 0.25) is 0 Å². The van der Waals surface area contributed by atoms with E-state index >= 15 is 0 Å². The maximum atomic E-state index is 11.6. The molecular formula is C13H21NO2. The van der Waals surface area contributed by atoms with E-state index in [0.29, 0.717) is 19.3 Å². The van der Waals surface area contributed by atoms with Gasteiger partial charge in [0.05, 0.1) is 11.2 Å². The molecule has 0 rings (SSSR count). The molecule has 0 aromatic rings. The van der Waals surface area contributed by atoms with Crippen molar-refractivity contribution < 1.29 is 16.4 Å². The van der Waals surface area contributed by atoms with E-state index in [0.717, 1.165) is 4.90 Å². The Morgan fingerprint density at radius 3 is 3.19 bits per heavy atom. The van der Waals surface area contributed by atoms with Gasteiger partial charge < -0.3 is 4.74 Å². The summed E-state index contributed by atoms with van der Waals surface area (Å²) in [5.74, 6) is 1.84. The molecule has 0 bridgehead atoms. The zero-order valence-corrected chi connectivity index (χ0v) is 9.75. The Morgan fingerprint density at radius 1 is 1.88 bits per heavy atom. The fourth-order valence-corrected chi connectivity index (χ4v) is 1.23. The van der Waals surface area contributed by atoms with E-state index in [1.165, 1.54) is 14.0 Å². The summed E-state index contributed by atoms with van der Waals surface area (Å²) < 4.78 is 42.3. The molecule has 0 saturated heterocycles. The smallest absolute Gasteiger partial charge is 0.322 e. The number of hydrogen-bond donors (Lipinski definition) is 0. The maximum absolute atomic E-state index is 11.6. The van der Waals surface area contributed by atoms with Crippen LogP contribution in [-0.2, 0) is 9.53 Å². The van der Waals surface area contributed by atoms with Gasteiger partial charge in [0.25, 0.3) is 0 Å². The second kappa shape index (κ2) is 8.99. The van der Waals surface area contributed by atoms with Crippen molar-refractivity contribution in [2.75, 3.05) is 20.2 Å². The third kappa shape index (κ3) is 5.57. The number of esters is 1. The lowest BCUT2D eigenvalue weighted by Gasteiger charge is -2.25. The number of ether oxygens (including phenoxy) is 1. The number of nitrogens with zero attached hydrogens (tertiary/aromatic N) is 1. The Morgan fingerprint density at radius 2 is 2.62 bits per heavy atom. The predicted octanol–water partition coefficient (Wildman–Crippen LogP) is 1.84. The summed E-state index contributed by atoms with van der Waals surface area (Å²) in [5.41, 5.74) is 0. The van der Waals surface area contributed by atoms with Gasteiger partial charge in [0.15, 0.2) is 0 Å². The van der Waals surface area contributed by atoms with E-state index < -0.39 is 31.1 Å². The summed E-state index contributed by atoms with van der Waals surface area (Å²) in [5, 5.41) is 0. The van der Waals surface area contributed by atoms with Crippen LogP contribution in [0, 0.1) is 12.3 Å². The van der Waals surface area contributed by atoms with Crippen molar-refractivity contribution in [2.45, 2.75) is 32.2 Å². The number of methoxy groups -OCH3 is 1. The third-order valence-corrected chi connectivity index (χ3v) is 2.18. The molecule has 0 amide bonds. The van der Waals surface area contributed by atoms with E-state index in [-0.39, 0.29) is 6.54 Å². The minimum absolute atomic E-state index is 0.167. The van der Waals surface area contributed by atoms with Gasteiger partial charge in [-0.2, -0.15) is 0 Å². The first-order valence-electron chi connectivity index (χ1n) is 7.62. The molecule has 0 aliphatic heterocycles. The molecule has 0 radical (unpaired) electrons. The van der Waals surface area contributed by atoms with Gasteiger partial charge in [-0.05, 0) is 26.3 Å². The van der Waals surface area contributed by atoms with Crippen molar-refractivity contribution in [3.63, 3.8) is 0 Å². The predicted molar refractivity (Wildman–Crippen MR) is 65.9 cm³/mol. The van der Waals surface area contributed by atoms with E-state index in [1.54, 1.807) is 0 Å². The Bertz CT molecular complexity index is 427. The highest BCUT2D eigenvalue weighted by Crippen LogP contribution is 2.05. The van der Waals surface area contributed by atoms with Crippen LogP contribution in [0.3, 0.4) is 0 Å². The van der Waals surface area contributed by atoms with Crippen LogP contribution in [0.2, 0.25) is 0 Å². The summed E-state index contributed by atoms with van der Waals surface area (Å²) in [6.07, 6.45) is 6.87. The number of hydrogen-bond acceptors (Lipinski definition) is 3. The highest BCUT2D eigenvalue weighted by Gasteiger charge is 2.20. The fraction of sp³-hybridized carbons (Fsp3) is 0.615. The third-order valence-electron chi connectivity index (χ3n) is 2.18. The molecule has 0 aromatic heterocycles. The molecule has 0 saturated carbocycles. The molecule has 3 heteroatoms. The molecule has 16 heavy (non-hydrogen) atoms. The van der Waals surface area contributed by atoms with Gasteiger partial charge >= 0.3 is 5.97 Å². The SMILES string of the molecule is [2H]C([2H])=C([2H])C([2H])([2H])N(CCCCC#C)[C@@H](C)C(=O)OC. The average Bonchev–Trinajstić information content (AvgIpc) is 2.44. The topological polar surface area (TPSA) is 29.5 Å². The minimum atomic E-state index is -2.40. The number of terminal acetylenes is 1. The van der Waals surface area contributed by atoms with Crippen LogP contribution in [0.1, 0.15) is 33.0 Å². The standard InChI is InChI=1S/C13H21NO2/c1-5-7-8-9-11-14(10-6-2)12(3)13(15)16-4/h1,6,12H,2,7-11H2,3-4H3/t12-/m0/s1/i2D2,6D,10D2. The van der Waals surface area contributed by atoms with Crippen LogP contribution in [0.25, 0.3) is 0 Å². The van der Waals surface area contributed by atoms with Gasteiger partial charge in [0, 0.05) is 15.7 Å². The molecule has 0 unspecified atom stereocenters. The van der Waals surface area contributed by atoms with Crippen LogP contribution >= 0.6 is 0 Å². The van der Waals surface area contributed by atoms with E-state index in [1.807, 2.05) is 0 Å². The highest BCUT2D eigenvalue weighted by molar-refractivity contribution is 5.75. The lowest BCUT2D eigenvalue weighted by Crippen LogP contribution is -2.40. The van der Waals surface area contributed by atoms with Gasteiger partial charge in [0.1, 0.15) is 6.04 Å². The number of unbranched alkanes of at least 4 members (excludes halogenated alkanes) is 2. The summed E-state index contributed by atoms with van der Waals surface area (Å²) in [6, 6.07) is -1.73. The molecule has 90 valence electrons. The van der Waals surface area contributed by atoms with Gasteiger partial charge in [-0.1, -0.05) is 6.05 Å². The normalized spacial score (nSPS) is 17.0. The van der Waals surface area contributed by atoms with E-state index in [9.17, 15) is 4.79 Å². The largest absolute Gasteiger partial charge is 0.468 e. The summed E-state index contributed by atoms with van der Waals surface area (Å²) in [4.78, 5) is 12.8. The number of carbonyl (C=O) groups excluding carboxylic acids is 1. The monoisotopic (exact) mass is 228 g/mol. The van der Waals surface area contributed by atoms with Gasteiger partial charge in [-0.3, -0.25) is 9.69 Å². The summed E-state index contributed by atoms with van der Waals surface area (Å²) in [7, 11) is 1.20. The van der Waals surface area contributed by atoms with Crippen molar-refractivity contribution >= 4 is 5.97 Å². The van der Waals surface area contributed by atoms with E-state index in [2.05, 4.69) is 10.7 Å². The molecule has 0 N–H and O–H groups in total. The Hall–Kier alpha value is -1.27. The van der Waals surface area contributed by atoms with Crippen LogP contribution < -0.4 is 0 Å². The number of rotatable bonds is 8. The second-order valence-electron chi connectivity index (χ2n) is 3.29. The Labute approximate surface area is 105 Å². The number of carbonyl (C=O) groups is 1. The zero-order chi connectivity index (χ0) is 16.6. The van der Waals surface area contributed by atoms with Crippen molar-refractivity contribution in [3.8, 4) is 12.3 Å². The lowest BCUT2D eigenvalue weighted by atomic mass is 10.2. The summed E-state index contributed by atoms with van der Waals surface area (Å²) in [6.45, 7) is -1.69. The zero-order valence-electron chi connectivity index (χ0n) is 14.7. The first-order chi connectivity index (χ1) is 9.69. The van der Waals surface area contributed by atoms with Gasteiger partial charge in [-0.25, -0.2) is 0 Å². The molecule has 1 atom stereocenters. The van der Waals surface area contributed by atoms with Gasteiger partial charge in [-0.15, -0.1) is 18.9 Å². The van der Waals surface area contributed by atoms with Crippen LogP contribution in [0.15, 0.2) is 12.6 Å². The molecule has 0 aliphatic rings. The molecule has 0 aromatic carbocycles. The molecule has 0 fully saturated rings. The maximum Gasteiger partial charge on any atom is 0.322 e.